The van der Waals surface area contributed by atoms with Crippen LogP contribution in [0.2, 0.25) is 0 Å². The number of methoxy groups -OCH3 is 1. The van der Waals surface area contributed by atoms with E-state index in [1.165, 1.54) is 4.31 Å². The van der Waals surface area contributed by atoms with E-state index >= 15 is 0 Å². The molecule has 34 heavy (non-hydrogen) atoms. The molecule has 0 aliphatic carbocycles. The number of anilines is 1. The van der Waals surface area contributed by atoms with Crippen LogP contribution in [-0.2, 0) is 14.8 Å². The number of nitrogens with zero attached hydrogens (tertiary/aromatic N) is 1. The molecule has 6 nitrogen and oxygen atoms in total. The number of rotatable bonds is 9. The first-order valence-corrected chi connectivity index (χ1v) is 12.7. The van der Waals surface area contributed by atoms with Gasteiger partial charge in [0.05, 0.1) is 23.7 Å². The highest BCUT2D eigenvalue weighted by atomic mass is 32.2. The van der Waals surface area contributed by atoms with E-state index in [2.05, 4.69) is 5.32 Å². The molecule has 0 heterocycles. The summed E-state index contributed by atoms with van der Waals surface area (Å²) in [5.41, 5.74) is 4.20. The summed E-state index contributed by atoms with van der Waals surface area (Å²) in [4.78, 5) is 13.3. The minimum Gasteiger partial charge on any atom is -0.496 e. The fourth-order valence-electron chi connectivity index (χ4n) is 4.01. The van der Waals surface area contributed by atoms with Crippen molar-refractivity contribution < 1.29 is 17.9 Å². The highest BCUT2D eigenvalue weighted by molar-refractivity contribution is 7.92. The summed E-state index contributed by atoms with van der Waals surface area (Å²) in [6.07, 6.45) is 0.659. The molecule has 0 radical (unpaired) electrons. The van der Waals surface area contributed by atoms with Crippen molar-refractivity contribution in [1.82, 2.24) is 5.32 Å². The first-order valence-electron chi connectivity index (χ1n) is 11.3. The molecule has 3 rings (SSSR count). The summed E-state index contributed by atoms with van der Waals surface area (Å²) < 4.78 is 33.7. The van der Waals surface area contributed by atoms with Crippen molar-refractivity contribution in [3.8, 4) is 5.75 Å². The Bertz CT molecular complexity index is 1260. The molecule has 0 saturated heterocycles. The second-order valence-corrected chi connectivity index (χ2v) is 10.2. The molecule has 3 aromatic carbocycles. The highest BCUT2D eigenvalue weighted by Crippen LogP contribution is 2.28. The van der Waals surface area contributed by atoms with Crippen molar-refractivity contribution in [3.05, 3.63) is 89.0 Å². The van der Waals surface area contributed by atoms with Gasteiger partial charge in [0, 0.05) is 0 Å². The number of nitrogens with one attached hydrogen (secondary N) is 1. The van der Waals surface area contributed by atoms with Gasteiger partial charge in [0.2, 0.25) is 5.91 Å². The molecule has 0 aliphatic rings. The van der Waals surface area contributed by atoms with E-state index in [4.69, 9.17) is 4.74 Å². The van der Waals surface area contributed by atoms with E-state index < -0.39 is 10.0 Å². The van der Waals surface area contributed by atoms with E-state index in [0.717, 1.165) is 28.0 Å². The van der Waals surface area contributed by atoms with Gasteiger partial charge in [0.25, 0.3) is 10.0 Å². The van der Waals surface area contributed by atoms with E-state index in [1.54, 1.807) is 43.5 Å². The number of benzene rings is 3. The van der Waals surface area contributed by atoms with Gasteiger partial charge in [0.15, 0.2) is 0 Å². The van der Waals surface area contributed by atoms with E-state index in [9.17, 15) is 13.2 Å². The Balaban J connectivity index is 1.93. The molecule has 1 N–H and O–H groups in total. The first-order chi connectivity index (χ1) is 16.2. The van der Waals surface area contributed by atoms with E-state index in [1.807, 2.05) is 58.0 Å². The molecule has 1 atom stereocenters. The molecule has 0 aliphatic heterocycles. The zero-order valence-electron chi connectivity index (χ0n) is 20.3. The molecule has 0 aromatic heterocycles. The lowest BCUT2D eigenvalue weighted by Gasteiger charge is -2.27. The molecule has 1 amide bonds. The lowest BCUT2D eigenvalue weighted by atomic mass is 10.0. The Morgan fingerprint density at radius 3 is 2.26 bits per heavy atom. The largest absolute Gasteiger partial charge is 0.496 e. The molecule has 0 spiro atoms. The quantitative estimate of drug-likeness (QED) is 0.463. The van der Waals surface area contributed by atoms with Crippen LogP contribution < -0.4 is 14.4 Å². The minimum atomic E-state index is -3.95. The summed E-state index contributed by atoms with van der Waals surface area (Å²) >= 11 is 0. The fourth-order valence-corrected chi connectivity index (χ4v) is 5.52. The number of hydrogen-bond acceptors (Lipinski definition) is 4. The van der Waals surface area contributed by atoms with Crippen LogP contribution in [0.5, 0.6) is 5.75 Å². The number of carbonyl (C=O) groups excluding carboxylic acids is 1. The van der Waals surface area contributed by atoms with Gasteiger partial charge in [0.1, 0.15) is 12.3 Å². The van der Waals surface area contributed by atoms with Gasteiger partial charge in [-0.2, -0.15) is 0 Å². The van der Waals surface area contributed by atoms with Gasteiger partial charge in [-0.1, -0.05) is 55.0 Å². The third-order valence-corrected chi connectivity index (χ3v) is 7.58. The molecule has 7 heteroatoms. The second kappa shape index (κ2) is 10.7. The molecule has 180 valence electrons. The Morgan fingerprint density at radius 2 is 1.68 bits per heavy atom. The standard InChI is InChI=1S/C27H32N2O4S/c1-6-24(22-13-15-26(33-5)21(4)17-22)28-27(30)18-29(25-14-12-19(2)16-20(25)3)34(31,32)23-10-8-7-9-11-23/h7-17,24H,6,18H2,1-5H3,(H,28,30)/t24-/m0/s1. The van der Waals surface area contributed by atoms with Crippen molar-refractivity contribution in [2.75, 3.05) is 18.0 Å². The number of carbonyl (C=O) groups is 1. The van der Waals surface area contributed by atoms with Crippen LogP contribution in [-0.4, -0.2) is 28.0 Å². The molecule has 3 aromatic rings. The Morgan fingerprint density at radius 1 is 0.971 bits per heavy atom. The lowest BCUT2D eigenvalue weighted by Crippen LogP contribution is -2.42. The van der Waals surface area contributed by atoms with Gasteiger partial charge in [-0.05, 0) is 68.1 Å². The molecular formula is C27H32N2O4S. The van der Waals surface area contributed by atoms with Crippen molar-refractivity contribution in [3.63, 3.8) is 0 Å². The summed E-state index contributed by atoms with van der Waals surface area (Å²) in [6, 6.07) is 19.2. The van der Waals surface area contributed by atoms with Gasteiger partial charge >= 0.3 is 0 Å². The number of aryl methyl sites for hydroxylation is 3. The van der Waals surface area contributed by atoms with Crippen LogP contribution in [0, 0.1) is 20.8 Å². The zero-order chi connectivity index (χ0) is 24.9. The van der Waals surface area contributed by atoms with E-state index in [0.29, 0.717) is 12.1 Å². The van der Waals surface area contributed by atoms with Crippen molar-refractivity contribution in [2.24, 2.45) is 0 Å². The highest BCUT2D eigenvalue weighted by Gasteiger charge is 2.29. The lowest BCUT2D eigenvalue weighted by molar-refractivity contribution is -0.120. The normalized spacial score (nSPS) is 12.1. The molecule has 0 fully saturated rings. The van der Waals surface area contributed by atoms with Crippen LogP contribution in [0.15, 0.2) is 71.6 Å². The second-order valence-electron chi connectivity index (χ2n) is 8.37. The third-order valence-electron chi connectivity index (χ3n) is 5.80. The fraction of sp³-hybridized carbons (Fsp3) is 0.296. The van der Waals surface area contributed by atoms with Crippen LogP contribution >= 0.6 is 0 Å². The average Bonchev–Trinajstić information content (AvgIpc) is 2.82. The van der Waals surface area contributed by atoms with Crippen LogP contribution in [0.4, 0.5) is 5.69 Å². The van der Waals surface area contributed by atoms with Crippen LogP contribution in [0.3, 0.4) is 0 Å². The van der Waals surface area contributed by atoms with E-state index in [-0.39, 0.29) is 23.4 Å². The molecule has 0 bridgehead atoms. The number of sulfonamides is 1. The maximum atomic E-state index is 13.6. The number of hydrogen-bond donors (Lipinski definition) is 1. The summed E-state index contributed by atoms with van der Waals surface area (Å²) in [6.45, 7) is 7.40. The average molecular weight is 481 g/mol. The van der Waals surface area contributed by atoms with Gasteiger partial charge < -0.3 is 10.1 Å². The minimum absolute atomic E-state index is 0.139. The summed E-state index contributed by atoms with van der Waals surface area (Å²) in [7, 11) is -2.33. The molecule has 0 saturated carbocycles. The van der Waals surface area contributed by atoms with Crippen LogP contribution in [0.25, 0.3) is 0 Å². The van der Waals surface area contributed by atoms with Gasteiger partial charge in [-0.3, -0.25) is 9.10 Å². The first kappa shape index (κ1) is 25.3. The predicted octanol–water partition coefficient (Wildman–Crippen LogP) is 5.08. The maximum absolute atomic E-state index is 13.6. The Hall–Kier alpha value is -3.32. The summed E-state index contributed by atoms with van der Waals surface area (Å²) in [5, 5.41) is 3.02. The smallest absolute Gasteiger partial charge is 0.264 e. The van der Waals surface area contributed by atoms with Crippen molar-refractivity contribution >= 4 is 21.6 Å². The SMILES string of the molecule is CC[C@H](NC(=O)CN(c1ccc(C)cc1C)S(=O)(=O)c1ccccc1)c1ccc(OC)c(C)c1. The number of amides is 1. The topological polar surface area (TPSA) is 75.7 Å². The monoisotopic (exact) mass is 480 g/mol. The van der Waals surface area contributed by atoms with Crippen molar-refractivity contribution in [1.29, 1.82) is 0 Å². The third kappa shape index (κ3) is 5.59. The zero-order valence-corrected chi connectivity index (χ0v) is 21.1. The van der Waals surface area contributed by atoms with Gasteiger partial charge in [-0.25, -0.2) is 8.42 Å². The predicted molar refractivity (Wildman–Crippen MR) is 136 cm³/mol. The Labute approximate surface area is 202 Å². The summed E-state index contributed by atoms with van der Waals surface area (Å²) in [5.74, 6) is 0.403. The van der Waals surface area contributed by atoms with Crippen molar-refractivity contribution in [2.45, 2.75) is 45.1 Å². The molecular weight excluding hydrogens is 448 g/mol. The Kier molecular flexibility index (Phi) is 7.99. The number of ether oxygens (including phenoxy) is 1. The van der Waals surface area contributed by atoms with Gasteiger partial charge in [-0.15, -0.1) is 0 Å². The maximum Gasteiger partial charge on any atom is 0.264 e. The van der Waals surface area contributed by atoms with Crippen LogP contribution in [0.1, 0.15) is 41.6 Å². The molecule has 0 unspecified atom stereocenters.